The van der Waals surface area contributed by atoms with Crippen LogP contribution in [0.15, 0.2) is 24.3 Å². The third kappa shape index (κ3) is 4.06. The summed E-state index contributed by atoms with van der Waals surface area (Å²) in [6.07, 6.45) is 0.595. The number of anilines is 1. The van der Waals surface area contributed by atoms with Crippen molar-refractivity contribution in [1.29, 1.82) is 0 Å². The van der Waals surface area contributed by atoms with Crippen molar-refractivity contribution < 1.29 is 14.7 Å². The Morgan fingerprint density at radius 2 is 1.89 bits per heavy atom. The first kappa shape index (κ1) is 15.2. The Morgan fingerprint density at radius 3 is 2.32 bits per heavy atom. The van der Waals surface area contributed by atoms with Crippen LogP contribution in [0.2, 0.25) is 0 Å². The summed E-state index contributed by atoms with van der Waals surface area (Å²) in [6, 6.07) is 7.19. The molecule has 0 heterocycles. The molecule has 0 aliphatic rings. The predicted octanol–water partition coefficient (Wildman–Crippen LogP) is 1.40. The Kier molecular flexibility index (Phi) is 5.51. The van der Waals surface area contributed by atoms with Gasteiger partial charge < -0.3 is 15.7 Å². The molecule has 0 fully saturated rings. The molecule has 0 saturated carbocycles. The van der Waals surface area contributed by atoms with E-state index in [1.807, 2.05) is 26.0 Å². The molecule has 19 heavy (non-hydrogen) atoms. The van der Waals surface area contributed by atoms with E-state index in [4.69, 9.17) is 10.8 Å². The molecular weight excluding hydrogens is 244 g/mol. The standard InChI is InChI=1S/C14H20N2O3/c1-3-11(8-15)14(19)16(9-13(17)18)12-6-4-10(2)5-7-12/h4-7,11H,3,8-9,15H2,1-2H3,(H,17,18). The molecule has 104 valence electrons. The average molecular weight is 264 g/mol. The van der Waals surface area contributed by atoms with Gasteiger partial charge in [0.15, 0.2) is 0 Å². The molecule has 1 unspecified atom stereocenters. The van der Waals surface area contributed by atoms with Crippen LogP contribution in [0.5, 0.6) is 0 Å². The van der Waals surface area contributed by atoms with Gasteiger partial charge in [-0.15, -0.1) is 0 Å². The molecule has 5 heteroatoms. The zero-order valence-corrected chi connectivity index (χ0v) is 11.3. The number of aryl methyl sites for hydroxylation is 1. The summed E-state index contributed by atoms with van der Waals surface area (Å²) in [7, 11) is 0. The minimum absolute atomic E-state index is 0.220. The highest BCUT2D eigenvalue weighted by molar-refractivity contribution is 5.98. The lowest BCUT2D eigenvalue weighted by atomic mass is 10.0. The fourth-order valence-electron chi connectivity index (χ4n) is 1.82. The van der Waals surface area contributed by atoms with Crippen molar-refractivity contribution in [3.63, 3.8) is 0 Å². The maximum atomic E-state index is 12.3. The summed E-state index contributed by atoms with van der Waals surface area (Å²) in [4.78, 5) is 24.5. The SMILES string of the molecule is CCC(CN)C(=O)N(CC(=O)O)c1ccc(C)cc1. The zero-order valence-electron chi connectivity index (χ0n) is 11.3. The Morgan fingerprint density at radius 1 is 1.32 bits per heavy atom. The van der Waals surface area contributed by atoms with Gasteiger partial charge in [0.25, 0.3) is 0 Å². The van der Waals surface area contributed by atoms with Gasteiger partial charge in [-0.05, 0) is 25.5 Å². The number of rotatable bonds is 6. The van der Waals surface area contributed by atoms with E-state index in [1.165, 1.54) is 4.90 Å². The summed E-state index contributed by atoms with van der Waals surface area (Å²) in [5.41, 5.74) is 7.20. The number of carbonyl (C=O) groups excluding carboxylic acids is 1. The van der Waals surface area contributed by atoms with Gasteiger partial charge in [0, 0.05) is 12.2 Å². The number of benzene rings is 1. The molecule has 0 saturated heterocycles. The van der Waals surface area contributed by atoms with E-state index in [-0.39, 0.29) is 24.9 Å². The van der Waals surface area contributed by atoms with Crippen molar-refractivity contribution in [1.82, 2.24) is 0 Å². The lowest BCUT2D eigenvalue weighted by Crippen LogP contribution is -2.42. The topological polar surface area (TPSA) is 83.6 Å². The van der Waals surface area contributed by atoms with Crippen LogP contribution in [0.4, 0.5) is 5.69 Å². The van der Waals surface area contributed by atoms with Crippen LogP contribution in [0.1, 0.15) is 18.9 Å². The van der Waals surface area contributed by atoms with Crippen molar-refractivity contribution >= 4 is 17.6 Å². The highest BCUT2D eigenvalue weighted by Gasteiger charge is 2.24. The highest BCUT2D eigenvalue weighted by atomic mass is 16.4. The summed E-state index contributed by atoms with van der Waals surface area (Å²) in [6.45, 7) is 3.67. The summed E-state index contributed by atoms with van der Waals surface area (Å²) in [5, 5.41) is 8.95. The van der Waals surface area contributed by atoms with E-state index in [1.54, 1.807) is 12.1 Å². The van der Waals surface area contributed by atoms with Crippen LogP contribution in [0, 0.1) is 12.8 Å². The molecule has 0 bridgehead atoms. The number of nitrogens with two attached hydrogens (primary N) is 1. The monoisotopic (exact) mass is 264 g/mol. The van der Waals surface area contributed by atoms with Crippen molar-refractivity contribution in [3.8, 4) is 0 Å². The van der Waals surface area contributed by atoms with Gasteiger partial charge >= 0.3 is 5.97 Å². The second kappa shape index (κ2) is 6.89. The smallest absolute Gasteiger partial charge is 0.323 e. The fraction of sp³-hybridized carbons (Fsp3) is 0.429. The first-order chi connectivity index (χ1) is 8.99. The first-order valence-corrected chi connectivity index (χ1v) is 6.29. The molecule has 0 aromatic heterocycles. The molecule has 0 aliphatic carbocycles. The molecule has 1 aromatic carbocycles. The molecule has 1 amide bonds. The summed E-state index contributed by atoms with van der Waals surface area (Å²) >= 11 is 0. The normalized spacial score (nSPS) is 11.9. The van der Waals surface area contributed by atoms with Crippen molar-refractivity contribution in [2.24, 2.45) is 11.7 Å². The molecule has 0 aliphatic heterocycles. The molecular formula is C14H20N2O3. The van der Waals surface area contributed by atoms with Gasteiger partial charge in [0.1, 0.15) is 6.54 Å². The number of aliphatic carboxylic acids is 1. The van der Waals surface area contributed by atoms with Crippen LogP contribution >= 0.6 is 0 Å². The number of carbonyl (C=O) groups is 2. The predicted molar refractivity (Wildman–Crippen MR) is 74.0 cm³/mol. The number of amides is 1. The quantitative estimate of drug-likeness (QED) is 0.813. The summed E-state index contributed by atoms with van der Waals surface area (Å²) < 4.78 is 0. The van der Waals surface area contributed by atoms with Gasteiger partial charge in [-0.3, -0.25) is 9.59 Å². The first-order valence-electron chi connectivity index (χ1n) is 6.29. The Labute approximate surface area is 113 Å². The second-order valence-corrected chi connectivity index (χ2v) is 4.49. The Balaban J connectivity index is 3.03. The minimum atomic E-state index is -1.04. The van der Waals surface area contributed by atoms with Crippen molar-refractivity contribution in [2.45, 2.75) is 20.3 Å². The molecule has 3 N–H and O–H groups in total. The van der Waals surface area contributed by atoms with E-state index in [0.717, 1.165) is 5.56 Å². The van der Waals surface area contributed by atoms with Crippen LogP contribution in [-0.2, 0) is 9.59 Å². The second-order valence-electron chi connectivity index (χ2n) is 4.49. The number of hydrogen-bond acceptors (Lipinski definition) is 3. The molecule has 1 atom stereocenters. The molecule has 0 spiro atoms. The van der Waals surface area contributed by atoms with E-state index in [2.05, 4.69) is 0 Å². The van der Waals surface area contributed by atoms with Crippen LogP contribution in [-0.4, -0.2) is 30.1 Å². The highest BCUT2D eigenvalue weighted by Crippen LogP contribution is 2.18. The lowest BCUT2D eigenvalue weighted by Gasteiger charge is -2.25. The third-order valence-electron chi connectivity index (χ3n) is 3.03. The number of hydrogen-bond donors (Lipinski definition) is 2. The molecule has 0 radical (unpaired) electrons. The van der Waals surface area contributed by atoms with E-state index in [9.17, 15) is 9.59 Å². The van der Waals surface area contributed by atoms with E-state index >= 15 is 0 Å². The number of carboxylic acids is 1. The molecule has 5 nitrogen and oxygen atoms in total. The number of nitrogens with zero attached hydrogens (tertiary/aromatic N) is 1. The fourth-order valence-corrected chi connectivity index (χ4v) is 1.82. The van der Waals surface area contributed by atoms with E-state index in [0.29, 0.717) is 12.1 Å². The average Bonchev–Trinajstić information content (AvgIpc) is 2.38. The maximum absolute atomic E-state index is 12.3. The zero-order chi connectivity index (χ0) is 14.4. The minimum Gasteiger partial charge on any atom is -0.480 e. The van der Waals surface area contributed by atoms with E-state index < -0.39 is 5.97 Å². The molecule has 1 rings (SSSR count). The van der Waals surface area contributed by atoms with Crippen LogP contribution < -0.4 is 10.6 Å². The van der Waals surface area contributed by atoms with Crippen LogP contribution in [0.3, 0.4) is 0 Å². The van der Waals surface area contributed by atoms with Gasteiger partial charge in [0.05, 0.1) is 5.92 Å². The largest absolute Gasteiger partial charge is 0.480 e. The van der Waals surface area contributed by atoms with Gasteiger partial charge in [-0.1, -0.05) is 24.6 Å². The Bertz CT molecular complexity index is 439. The molecule has 1 aromatic rings. The number of carboxylic acid groups (broad SMARTS) is 1. The van der Waals surface area contributed by atoms with Gasteiger partial charge in [0.2, 0.25) is 5.91 Å². The van der Waals surface area contributed by atoms with Crippen molar-refractivity contribution in [3.05, 3.63) is 29.8 Å². The van der Waals surface area contributed by atoms with Crippen molar-refractivity contribution in [2.75, 3.05) is 18.0 Å². The summed E-state index contributed by atoms with van der Waals surface area (Å²) in [5.74, 6) is -1.63. The maximum Gasteiger partial charge on any atom is 0.323 e. The third-order valence-corrected chi connectivity index (χ3v) is 3.03. The van der Waals surface area contributed by atoms with Gasteiger partial charge in [-0.2, -0.15) is 0 Å². The van der Waals surface area contributed by atoms with Crippen LogP contribution in [0.25, 0.3) is 0 Å². The lowest BCUT2D eigenvalue weighted by molar-refractivity contribution is -0.137. The Hall–Kier alpha value is -1.88. The van der Waals surface area contributed by atoms with Gasteiger partial charge in [-0.25, -0.2) is 0 Å².